The van der Waals surface area contributed by atoms with Gasteiger partial charge in [-0.15, -0.1) is 0 Å². The van der Waals surface area contributed by atoms with Gasteiger partial charge in [-0.25, -0.2) is 0 Å². The predicted octanol–water partition coefficient (Wildman–Crippen LogP) is 4.56. The van der Waals surface area contributed by atoms with Crippen LogP contribution in [0.2, 0.25) is 15.1 Å². The molecule has 5 heteroatoms. The third kappa shape index (κ3) is 3.92. The highest BCUT2D eigenvalue weighted by Crippen LogP contribution is 2.34. The lowest BCUT2D eigenvalue weighted by molar-refractivity contribution is 0.193. The Morgan fingerprint density at radius 3 is 2.50 bits per heavy atom. The molecule has 1 saturated carbocycles. The molecule has 2 rings (SSSR count). The van der Waals surface area contributed by atoms with Gasteiger partial charge in [-0.1, -0.05) is 41.7 Å². The zero-order valence-electron chi connectivity index (χ0n) is 10.2. The maximum atomic E-state index is 6.09. The van der Waals surface area contributed by atoms with Gasteiger partial charge in [0.25, 0.3) is 0 Å². The Kier molecular flexibility index (Phi) is 5.02. The summed E-state index contributed by atoms with van der Waals surface area (Å²) in [6, 6.07) is 3.96. The summed E-state index contributed by atoms with van der Waals surface area (Å²) in [4.78, 5) is 0. The summed E-state index contributed by atoms with van der Waals surface area (Å²) in [5.41, 5.74) is 0. The molecule has 1 aliphatic carbocycles. The Bertz CT molecular complexity index is 421. The van der Waals surface area contributed by atoms with Crippen LogP contribution in [0.5, 0.6) is 5.75 Å². The molecule has 1 aliphatic rings. The minimum atomic E-state index is 0.0975. The first kappa shape index (κ1) is 14.3. The average Bonchev–Trinajstić information content (AvgIpc) is 3.14. The molecule has 1 fully saturated rings. The molecular formula is C13H16Cl3NO. The third-order valence-corrected chi connectivity index (χ3v) is 3.95. The maximum Gasteiger partial charge on any atom is 0.139 e. The third-order valence-electron chi connectivity index (χ3n) is 2.94. The van der Waals surface area contributed by atoms with Gasteiger partial charge in [0.15, 0.2) is 0 Å². The zero-order valence-corrected chi connectivity index (χ0v) is 12.4. The summed E-state index contributed by atoms with van der Waals surface area (Å²) in [5, 5.41) is 4.84. The Balaban J connectivity index is 1.98. The van der Waals surface area contributed by atoms with E-state index >= 15 is 0 Å². The van der Waals surface area contributed by atoms with Crippen LogP contribution in [-0.4, -0.2) is 18.7 Å². The molecule has 0 radical (unpaired) electrons. The van der Waals surface area contributed by atoms with Gasteiger partial charge in [-0.2, -0.15) is 0 Å². The zero-order chi connectivity index (χ0) is 13.1. The van der Waals surface area contributed by atoms with Crippen LogP contribution in [0.25, 0.3) is 0 Å². The fourth-order valence-corrected chi connectivity index (χ4v) is 2.21. The highest BCUT2D eigenvalue weighted by Gasteiger charge is 2.22. The van der Waals surface area contributed by atoms with Crippen LogP contribution in [0.1, 0.15) is 26.2 Å². The van der Waals surface area contributed by atoms with Crippen LogP contribution >= 0.6 is 34.8 Å². The van der Waals surface area contributed by atoms with Crippen LogP contribution in [0.15, 0.2) is 12.1 Å². The second-order valence-electron chi connectivity index (χ2n) is 4.53. The van der Waals surface area contributed by atoms with Gasteiger partial charge >= 0.3 is 0 Å². The first-order valence-electron chi connectivity index (χ1n) is 6.14. The van der Waals surface area contributed by atoms with Gasteiger partial charge in [-0.05, 0) is 25.3 Å². The van der Waals surface area contributed by atoms with Gasteiger partial charge < -0.3 is 10.1 Å². The van der Waals surface area contributed by atoms with E-state index in [2.05, 4.69) is 12.2 Å². The highest BCUT2D eigenvalue weighted by molar-refractivity contribution is 6.43. The second kappa shape index (κ2) is 6.33. The number of rotatable bonds is 6. The van der Waals surface area contributed by atoms with E-state index in [-0.39, 0.29) is 6.10 Å². The Morgan fingerprint density at radius 1 is 1.22 bits per heavy atom. The van der Waals surface area contributed by atoms with E-state index in [9.17, 15) is 0 Å². The van der Waals surface area contributed by atoms with E-state index < -0.39 is 0 Å². The molecule has 2 nitrogen and oxygen atoms in total. The smallest absolute Gasteiger partial charge is 0.139 e. The van der Waals surface area contributed by atoms with Crippen molar-refractivity contribution in [1.29, 1.82) is 0 Å². The predicted molar refractivity (Wildman–Crippen MR) is 77.2 cm³/mol. The van der Waals surface area contributed by atoms with Crippen LogP contribution in [0, 0.1) is 0 Å². The summed E-state index contributed by atoms with van der Waals surface area (Å²) < 4.78 is 5.87. The normalized spacial score (nSPS) is 16.7. The minimum Gasteiger partial charge on any atom is -0.487 e. The highest BCUT2D eigenvalue weighted by atomic mass is 35.5. The monoisotopic (exact) mass is 307 g/mol. The van der Waals surface area contributed by atoms with Crippen molar-refractivity contribution < 1.29 is 4.74 Å². The first-order chi connectivity index (χ1) is 8.60. The molecule has 100 valence electrons. The lowest BCUT2D eigenvalue weighted by atomic mass is 10.2. The molecule has 0 amide bonds. The maximum absolute atomic E-state index is 6.09. The van der Waals surface area contributed by atoms with Crippen molar-refractivity contribution in [1.82, 2.24) is 5.32 Å². The molecule has 0 bridgehead atoms. The molecule has 1 N–H and O–H groups in total. The van der Waals surface area contributed by atoms with E-state index in [4.69, 9.17) is 39.5 Å². The molecule has 0 aliphatic heterocycles. The quantitative estimate of drug-likeness (QED) is 0.778. The number of halogens is 3. The molecule has 1 aromatic carbocycles. The van der Waals surface area contributed by atoms with Crippen molar-refractivity contribution >= 4 is 34.8 Å². The summed E-state index contributed by atoms with van der Waals surface area (Å²) >= 11 is 17.9. The van der Waals surface area contributed by atoms with Gasteiger partial charge in [0, 0.05) is 18.7 Å². The number of nitrogens with one attached hydrogen (secondary N) is 1. The van der Waals surface area contributed by atoms with Crippen molar-refractivity contribution in [2.45, 2.75) is 38.3 Å². The molecule has 0 saturated heterocycles. The lowest BCUT2D eigenvalue weighted by Gasteiger charge is -2.19. The standard InChI is InChI=1S/C13H16Cl3NO/c1-2-9(7-17-8-3-4-8)18-13-6-11(15)10(14)5-12(13)16/h5-6,8-9,17H,2-4,7H2,1H3. The van der Waals surface area contributed by atoms with Crippen molar-refractivity contribution in [3.8, 4) is 5.75 Å². The van der Waals surface area contributed by atoms with Crippen molar-refractivity contribution in [2.24, 2.45) is 0 Å². The van der Waals surface area contributed by atoms with E-state index in [1.165, 1.54) is 12.8 Å². The average molecular weight is 309 g/mol. The van der Waals surface area contributed by atoms with E-state index in [0.29, 0.717) is 26.9 Å². The Hall–Kier alpha value is -0.150. The lowest BCUT2D eigenvalue weighted by Crippen LogP contribution is -2.32. The Morgan fingerprint density at radius 2 is 1.89 bits per heavy atom. The molecule has 1 aromatic rings. The van der Waals surface area contributed by atoms with Crippen molar-refractivity contribution in [3.63, 3.8) is 0 Å². The van der Waals surface area contributed by atoms with Gasteiger partial charge in [0.2, 0.25) is 0 Å². The van der Waals surface area contributed by atoms with Gasteiger partial charge in [0.1, 0.15) is 11.9 Å². The van der Waals surface area contributed by atoms with Crippen molar-refractivity contribution in [3.05, 3.63) is 27.2 Å². The largest absolute Gasteiger partial charge is 0.487 e. The van der Waals surface area contributed by atoms with E-state index in [0.717, 1.165) is 13.0 Å². The second-order valence-corrected chi connectivity index (χ2v) is 5.75. The fraction of sp³-hybridized carbons (Fsp3) is 0.538. The number of benzene rings is 1. The molecule has 0 spiro atoms. The molecule has 1 atom stereocenters. The SMILES string of the molecule is CCC(CNC1CC1)Oc1cc(Cl)c(Cl)cc1Cl. The molecule has 18 heavy (non-hydrogen) atoms. The molecule has 0 heterocycles. The summed E-state index contributed by atoms with van der Waals surface area (Å²) in [5.74, 6) is 0.593. The van der Waals surface area contributed by atoms with Crippen LogP contribution in [0.4, 0.5) is 0 Å². The van der Waals surface area contributed by atoms with Crippen molar-refractivity contribution in [2.75, 3.05) is 6.54 Å². The number of hydrogen-bond acceptors (Lipinski definition) is 2. The first-order valence-corrected chi connectivity index (χ1v) is 7.28. The number of hydrogen-bond donors (Lipinski definition) is 1. The summed E-state index contributed by atoms with van der Waals surface area (Å²) in [6.45, 7) is 2.92. The summed E-state index contributed by atoms with van der Waals surface area (Å²) in [6.07, 6.45) is 3.55. The van der Waals surface area contributed by atoms with Crippen LogP contribution in [0.3, 0.4) is 0 Å². The summed E-state index contributed by atoms with van der Waals surface area (Å²) in [7, 11) is 0. The van der Waals surface area contributed by atoms with E-state index in [1.807, 2.05) is 0 Å². The van der Waals surface area contributed by atoms with Gasteiger partial charge in [-0.3, -0.25) is 0 Å². The Labute approximate surface area is 123 Å². The van der Waals surface area contributed by atoms with Gasteiger partial charge in [0.05, 0.1) is 15.1 Å². The molecular weight excluding hydrogens is 293 g/mol. The topological polar surface area (TPSA) is 21.3 Å². The number of ether oxygens (including phenoxy) is 1. The minimum absolute atomic E-state index is 0.0975. The van der Waals surface area contributed by atoms with Crippen LogP contribution < -0.4 is 10.1 Å². The van der Waals surface area contributed by atoms with Crippen LogP contribution in [-0.2, 0) is 0 Å². The fourth-order valence-electron chi connectivity index (χ4n) is 1.63. The molecule has 0 aromatic heterocycles. The molecule has 1 unspecified atom stereocenters. The van der Waals surface area contributed by atoms with E-state index in [1.54, 1.807) is 12.1 Å².